The standard InChI is InChI=1S/C14H24N4/c1-9-4-10(2)6-12(5-9)13(18-15)14-16-7-11(3)8-17-14/h7-10,12-13,18H,4-6,15H2,1-3H3. The van der Waals surface area contributed by atoms with E-state index in [4.69, 9.17) is 5.84 Å². The summed E-state index contributed by atoms with van der Waals surface area (Å²) in [5.41, 5.74) is 4.01. The number of hydrogen-bond acceptors (Lipinski definition) is 4. The zero-order chi connectivity index (χ0) is 13.1. The fourth-order valence-corrected chi connectivity index (χ4v) is 3.27. The quantitative estimate of drug-likeness (QED) is 0.636. The zero-order valence-electron chi connectivity index (χ0n) is 11.6. The Labute approximate surface area is 109 Å². The summed E-state index contributed by atoms with van der Waals surface area (Å²) in [5.74, 6) is 8.63. The molecule has 1 saturated carbocycles. The Bertz CT molecular complexity index is 366. The number of hydrogen-bond donors (Lipinski definition) is 2. The van der Waals surface area contributed by atoms with Gasteiger partial charge in [-0.25, -0.2) is 15.4 Å². The molecule has 0 aliphatic heterocycles. The highest BCUT2D eigenvalue weighted by molar-refractivity contribution is 5.06. The lowest BCUT2D eigenvalue weighted by Crippen LogP contribution is -2.38. The summed E-state index contributed by atoms with van der Waals surface area (Å²) in [6.07, 6.45) is 7.46. The average molecular weight is 248 g/mol. The van der Waals surface area contributed by atoms with Crippen molar-refractivity contribution < 1.29 is 0 Å². The van der Waals surface area contributed by atoms with Crippen LogP contribution in [0.15, 0.2) is 12.4 Å². The molecule has 1 aromatic heterocycles. The van der Waals surface area contributed by atoms with E-state index >= 15 is 0 Å². The van der Waals surface area contributed by atoms with Crippen molar-refractivity contribution in [3.8, 4) is 0 Å². The number of aryl methyl sites for hydroxylation is 1. The summed E-state index contributed by atoms with van der Waals surface area (Å²) in [4.78, 5) is 8.84. The van der Waals surface area contributed by atoms with E-state index in [0.717, 1.165) is 23.2 Å². The van der Waals surface area contributed by atoms with Crippen LogP contribution in [0, 0.1) is 24.7 Å². The summed E-state index contributed by atoms with van der Waals surface area (Å²) in [5, 5.41) is 0. The van der Waals surface area contributed by atoms with Gasteiger partial charge in [-0.1, -0.05) is 13.8 Å². The molecule has 0 aromatic carbocycles. The Hall–Kier alpha value is -1.00. The van der Waals surface area contributed by atoms with E-state index in [1.165, 1.54) is 19.3 Å². The molecule has 1 aliphatic rings. The van der Waals surface area contributed by atoms with Gasteiger partial charge in [0.15, 0.2) is 0 Å². The largest absolute Gasteiger partial charge is 0.271 e. The van der Waals surface area contributed by atoms with Gasteiger partial charge in [0, 0.05) is 12.4 Å². The molecular formula is C14H24N4. The van der Waals surface area contributed by atoms with Crippen molar-refractivity contribution in [2.75, 3.05) is 0 Å². The molecule has 1 aliphatic carbocycles. The number of hydrazine groups is 1. The number of nitrogens with zero attached hydrogens (tertiary/aromatic N) is 2. The summed E-state index contributed by atoms with van der Waals surface area (Å²) >= 11 is 0. The SMILES string of the molecule is Cc1cnc(C(NN)C2CC(C)CC(C)C2)nc1. The molecule has 0 saturated heterocycles. The van der Waals surface area contributed by atoms with E-state index in [9.17, 15) is 0 Å². The van der Waals surface area contributed by atoms with Crippen LogP contribution in [-0.2, 0) is 0 Å². The van der Waals surface area contributed by atoms with Crippen LogP contribution < -0.4 is 11.3 Å². The van der Waals surface area contributed by atoms with Crippen molar-refractivity contribution >= 4 is 0 Å². The lowest BCUT2D eigenvalue weighted by atomic mass is 9.73. The molecule has 2 rings (SSSR count). The molecule has 4 nitrogen and oxygen atoms in total. The predicted molar refractivity (Wildman–Crippen MR) is 72.5 cm³/mol. The molecular weight excluding hydrogens is 224 g/mol. The van der Waals surface area contributed by atoms with Crippen LogP contribution in [0.5, 0.6) is 0 Å². The van der Waals surface area contributed by atoms with E-state index in [1.807, 2.05) is 19.3 Å². The molecule has 4 heteroatoms. The van der Waals surface area contributed by atoms with E-state index in [2.05, 4.69) is 29.2 Å². The van der Waals surface area contributed by atoms with E-state index < -0.39 is 0 Å². The molecule has 3 unspecified atom stereocenters. The monoisotopic (exact) mass is 248 g/mol. The summed E-state index contributed by atoms with van der Waals surface area (Å²) in [7, 11) is 0. The number of nitrogens with one attached hydrogen (secondary N) is 1. The second-order valence-electron chi connectivity index (χ2n) is 5.94. The average Bonchev–Trinajstić information content (AvgIpc) is 2.31. The lowest BCUT2D eigenvalue weighted by molar-refractivity contribution is 0.173. The zero-order valence-corrected chi connectivity index (χ0v) is 11.6. The first-order valence-electron chi connectivity index (χ1n) is 6.84. The van der Waals surface area contributed by atoms with Crippen LogP contribution in [0.25, 0.3) is 0 Å². The van der Waals surface area contributed by atoms with E-state index in [1.54, 1.807) is 0 Å². The predicted octanol–water partition coefficient (Wildman–Crippen LogP) is 2.36. The normalized spacial score (nSPS) is 30.1. The summed E-state index contributed by atoms with van der Waals surface area (Å²) in [6, 6.07) is 0.0794. The van der Waals surface area contributed by atoms with E-state index in [0.29, 0.717) is 5.92 Å². The van der Waals surface area contributed by atoms with Crippen LogP contribution in [0.2, 0.25) is 0 Å². The fraction of sp³-hybridized carbons (Fsp3) is 0.714. The molecule has 1 fully saturated rings. The topological polar surface area (TPSA) is 63.8 Å². The van der Waals surface area contributed by atoms with Gasteiger partial charge in [0.05, 0.1) is 6.04 Å². The van der Waals surface area contributed by atoms with Crippen molar-refractivity contribution in [3.63, 3.8) is 0 Å². The summed E-state index contributed by atoms with van der Waals surface area (Å²) < 4.78 is 0. The molecule has 0 bridgehead atoms. The highest BCUT2D eigenvalue weighted by Gasteiger charge is 2.31. The smallest absolute Gasteiger partial charge is 0.146 e. The molecule has 3 N–H and O–H groups in total. The second kappa shape index (κ2) is 5.76. The highest BCUT2D eigenvalue weighted by Crippen LogP contribution is 2.38. The molecule has 0 radical (unpaired) electrons. The Kier molecular flexibility index (Phi) is 4.30. The Balaban J connectivity index is 2.14. The van der Waals surface area contributed by atoms with Crippen molar-refractivity contribution in [1.82, 2.24) is 15.4 Å². The minimum atomic E-state index is 0.0794. The molecule has 100 valence electrons. The van der Waals surface area contributed by atoms with Crippen LogP contribution in [0.3, 0.4) is 0 Å². The van der Waals surface area contributed by atoms with Gasteiger partial charge >= 0.3 is 0 Å². The van der Waals surface area contributed by atoms with Gasteiger partial charge in [0.2, 0.25) is 0 Å². The molecule has 0 amide bonds. The second-order valence-corrected chi connectivity index (χ2v) is 5.94. The maximum atomic E-state index is 5.73. The minimum absolute atomic E-state index is 0.0794. The Morgan fingerprint density at radius 3 is 2.22 bits per heavy atom. The van der Waals surface area contributed by atoms with Gasteiger partial charge in [-0.05, 0) is 49.5 Å². The Morgan fingerprint density at radius 2 is 1.72 bits per heavy atom. The first kappa shape index (κ1) is 13.4. The third-order valence-electron chi connectivity index (χ3n) is 3.95. The van der Waals surface area contributed by atoms with Crippen LogP contribution in [0.1, 0.15) is 50.5 Å². The van der Waals surface area contributed by atoms with Gasteiger partial charge in [-0.2, -0.15) is 0 Å². The number of aromatic nitrogens is 2. The molecule has 3 atom stereocenters. The van der Waals surface area contributed by atoms with Gasteiger partial charge < -0.3 is 0 Å². The summed E-state index contributed by atoms with van der Waals surface area (Å²) in [6.45, 7) is 6.65. The van der Waals surface area contributed by atoms with Gasteiger partial charge in [-0.3, -0.25) is 5.84 Å². The minimum Gasteiger partial charge on any atom is -0.271 e. The van der Waals surface area contributed by atoms with Crippen LogP contribution in [0.4, 0.5) is 0 Å². The molecule has 0 spiro atoms. The fourth-order valence-electron chi connectivity index (χ4n) is 3.27. The molecule has 1 aromatic rings. The molecule has 18 heavy (non-hydrogen) atoms. The third-order valence-corrected chi connectivity index (χ3v) is 3.95. The first-order valence-corrected chi connectivity index (χ1v) is 6.84. The van der Waals surface area contributed by atoms with Gasteiger partial charge in [-0.15, -0.1) is 0 Å². The van der Waals surface area contributed by atoms with Gasteiger partial charge in [0.1, 0.15) is 5.82 Å². The highest BCUT2D eigenvalue weighted by atomic mass is 15.2. The number of rotatable bonds is 3. The van der Waals surface area contributed by atoms with Crippen molar-refractivity contribution in [1.29, 1.82) is 0 Å². The first-order chi connectivity index (χ1) is 8.60. The van der Waals surface area contributed by atoms with Crippen LogP contribution in [-0.4, -0.2) is 9.97 Å². The van der Waals surface area contributed by atoms with Crippen molar-refractivity contribution in [3.05, 3.63) is 23.8 Å². The van der Waals surface area contributed by atoms with Crippen molar-refractivity contribution in [2.24, 2.45) is 23.6 Å². The third kappa shape index (κ3) is 3.06. The Morgan fingerprint density at radius 1 is 1.17 bits per heavy atom. The van der Waals surface area contributed by atoms with Crippen LogP contribution >= 0.6 is 0 Å². The van der Waals surface area contributed by atoms with Gasteiger partial charge in [0.25, 0.3) is 0 Å². The van der Waals surface area contributed by atoms with Crippen molar-refractivity contribution in [2.45, 2.75) is 46.1 Å². The molecule has 1 heterocycles. The maximum absolute atomic E-state index is 5.73. The lowest BCUT2D eigenvalue weighted by Gasteiger charge is -2.35. The van der Waals surface area contributed by atoms with E-state index in [-0.39, 0.29) is 6.04 Å². The maximum Gasteiger partial charge on any atom is 0.146 e. The number of nitrogens with two attached hydrogens (primary N) is 1.